The molecule has 2 aromatic carbocycles. The number of amides is 1. The van der Waals surface area contributed by atoms with Crippen molar-refractivity contribution >= 4 is 46.5 Å². The first kappa shape index (κ1) is 29.2. The molecule has 0 heterocycles. The van der Waals surface area contributed by atoms with Crippen LogP contribution in [0, 0.1) is 29.6 Å². The molecule has 0 radical (unpaired) electrons. The minimum absolute atomic E-state index is 0.0917. The highest BCUT2D eigenvalue weighted by Gasteiger charge is 2.72. The molecule has 10 heteroatoms. The highest BCUT2D eigenvalue weighted by Crippen LogP contribution is 2.58. The van der Waals surface area contributed by atoms with Crippen LogP contribution in [0.5, 0.6) is 5.75 Å². The number of fused-ring (bicyclic) bond motifs is 3. The zero-order valence-corrected chi connectivity index (χ0v) is 23.4. The van der Waals surface area contributed by atoms with Gasteiger partial charge in [0.15, 0.2) is 34.7 Å². The fraction of sp³-hybridized carbons (Fsp3) is 0.375. The molecule has 7 atom stereocenters. The summed E-state index contributed by atoms with van der Waals surface area (Å²) in [5, 5.41) is 23.0. The number of hydrogen-bond acceptors (Lipinski definition) is 9. The SMILES string of the molecule is CCC(=O)C[C@@H]1[C@H]2[C@H](N(C)C)C(=O)C(C(N)=O)C(=O)[C@@]2(O)C(=O)C2C(=O)c3c(O)cccc3C(=Cc3ccccc3)[C@H]21. The molecule has 218 valence electrons. The number of benzene rings is 2. The van der Waals surface area contributed by atoms with Crippen LogP contribution in [0.2, 0.25) is 0 Å². The third-order valence-electron chi connectivity index (χ3n) is 9.04. The lowest BCUT2D eigenvalue weighted by Crippen LogP contribution is -2.76. The molecule has 5 rings (SSSR count). The molecule has 2 fully saturated rings. The number of phenols is 1. The molecule has 2 unspecified atom stereocenters. The molecule has 3 aliphatic rings. The van der Waals surface area contributed by atoms with Gasteiger partial charge in [0.25, 0.3) is 0 Å². The molecule has 3 aliphatic carbocycles. The molecule has 4 N–H and O–H groups in total. The molecule has 0 aliphatic heterocycles. The first-order valence-corrected chi connectivity index (χ1v) is 13.8. The number of hydrogen-bond donors (Lipinski definition) is 3. The summed E-state index contributed by atoms with van der Waals surface area (Å²) >= 11 is 0. The maximum Gasteiger partial charge on any atom is 0.235 e. The Morgan fingerprint density at radius 3 is 2.26 bits per heavy atom. The Hall–Kier alpha value is -4.28. The highest BCUT2D eigenvalue weighted by molar-refractivity contribution is 6.33. The van der Waals surface area contributed by atoms with Crippen molar-refractivity contribution in [2.45, 2.75) is 31.4 Å². The van der Waals surface area contributed by atoms with E-state index in [1.807, 2.05) is 18.2 Å². The van der Waals surface area contributed by atoms with Crippen molar-refractivity contribution in [3.63, 3.8) is 0 Å². The van der Waals surface area contributed by atoms with Crippen LogP contribution >= 0.6 is 0 Å². The number of carbonyl (C=O) groups excluding carboxylic acids is 6. The van der Waals surface area contributed by atoms with Gasteiger partial charge in [-0.15, -0.1) is 0 Å². The van der Waals surface area contributed by atoms with Gasteiger partial charge in [-0.3, -0.25) is 33.7 Å². The van der Waals surface area contributed by atoms with Gasteiger partial charge < -0.3 is 15.9 Å². The van der Waals surface area contributed by atoms with Crippen LogP contribution in [0.3, 0.4) is 0 Å². The number of nitrogens with zero attached hydrogens (tertiary/aromatic N) is 1. The lowest BCUT2D eigenvalue weighted by molar-refractivity contribution is -0.187. The van der Waals surface area contributed by atoms with E-state index in [1.54, 1.807) is 37.3 Å². The van der Waals surface area contributed by atoms with E-state index < -0.39 is 70.3 Å². The first-order valence-electron chi connectivity index (χ1n) is 13.8. The summed E-state index contributed by atoms with van der Waals surface area (Å²) in [6.07, 6.45) is 1.60. The quantitative estimate of drug-likeness (QED) is 0.433. The molecule has 2 saturated carbocycles. The van der Waals surface area contributed by atoms with E-state index in [-0.39, 0.29) is 29.9 Å². The van der Waals surface area contributed by atoms with Crippen LogP contribution in [0.4, 0.5) is 0 Å². The van der Waals surface area contributed by atoms with E-state index in [4.69, 9.17) is 5.73 Å². The number of Topliss-reactive ketones (excluding diaryl/α,β-unsaturated/α-hetero) is 5. The summed E-state index contributed by atoms with van der Waals surface area (Å²) in [4.78, 5) is 82.9. The summed E-state index contributed by atoms with van der Waals surface area (Å²) in [5.74, 6) is -13.5. The van der Waals surface area contributed by atoms with Gasteiger partial charge in [0.2, 0.25) is 5.91 Å². The number of aromatic hydroxyl groups is 1. The summed E-state index contributed by atoms with van der Waals surface area (Å²) in [5.41, 5.74) is 3.84. The van der Waals surface area contributed by atoms with Crippen molar-refractivity contribution in [3.8, 4) is 5.75 Å². The molecule has 10 nitrogen and oxygen atoms in total. The molecule has 0 aromatic heterocycles. The van der Waals surface area contributed by atoms with Gasteiger partial charge in [-0.25, -0.2) is 0 Å². The number of phenolic OH excluding ortho intramolecular Hbond substituents is 1. The molecular weight excluding hydrogens is 540 g/mol. The number of primary amides is 1. The van der Waals surface area contributed by atoms with Crippen LogP contribution in [0.25, 0.3) is 11.6 Å². The van der Waals surface area contributed by atoms with Crippen molar-refractivity contribution in [2.75, 3.05) is 14.1 Å². The lowest BCUT2D eigenvalue weighted by Gasteiger charge is -2.56. The summed E-state index contributed by atoms with van der Waals surface area (Å²) in [6, 6.07) is 12.2. The third kappa shape index (κ3) is 4.16. The smallest absolute Gasteiger partial charge is 0.235 e. The normalized spacial score (nSPS) is 31.5. The van der Waals surface area contributed by atoms with Crippen LogP contribution < -0.4 is 5.73 Å². The van der Waals surface area contributed by atoms with Crippen LogP contribution in [-0.4, -0.2) is 75.7 Å². The summed E-state index contributed by atoms with van der Waals surface area (Å²) < 4.78 is 0. The van der Waals surface area contributed by atoms with E-state index >= 15 is 0 Å². The predicted molar refractivity (Wildman–Crippen MR) is 151 cm³/mol. The number of aliphatic hydroxyl groups is 1. The maximum atomic E-state index is 14.4. The van der Waals surface area contributed by atoms with E-state index in [1.165, 1.54) is 25.1 Å². The van der Waals surface area contributed by atoms with Crippen molar-refractivity contribution in [1.29, 1.82) is 0 Å². The van der Waals surface area contributed by atoms with Crippen molar-refractivity contribution in [3.05, 3.63) is 65.2 Å². The molecule has 42 heavy (non-hydrogen) atoms. The van der Waals surface area contributed by atoms with Gasteiger partial charge in [0, 0.05) is 24.7 Å². The second-order valence-corrected chi connectivity index (χ2v) is 11.5. The molecule has 0 saturated heterocycles. The second kappa shape index (κ2) is 10.5. The number of rotatable bonds is 6. The molecular formula is C32H32N2O8. The van der Waals surface area contributed by atoms with Crippen molar-refractivity contribution in [1.82, 2.24) is 4.90 Å². The van der Waals surface area contributed by atoms with Gasteiger partial charge in [0.1, 0.15) is 11.5 Å². The highest BCUT2D eigenvalue weighted by atomic mass is 16.3. The molecule has 1 amide bonds. The van der Waals surface area contributed by atoms with E-state index in [2.05, 4.69) is 0 Å². The Labute approximate surface area is 242 Å². The number of carbonyl (C=O) groups is 6. The lowest BCUT2D eigenvalue weighted by atomic mass is 9.47. The number of nitrogens with two attached hydrogens (primary N) is 1. The fourth-order valence-electron chi connectivity index (χ4n) is 7.27. The van der Waals surface area contributed by atoms with E-state index in [0.717, 1.165) is 0 Å². The third-order valence-corrected chi connectivity index (χ3v) is 9.04. The molecule has 2 aromatic rings. The zero-order chi connectivity index (χ0) is 30.7. The van der Waals surface area contributed by atoms with E-state index in [0.29, 0.717) is 16.7 Å². The van der Waals surface area contributed by atoms with E-state index in [9.17, 15) is 39.0 Å². The van der Waals surface area contributed by atoms with Crippen LogP contribution in [-0.2, 0) is 24.0 Å². The Kier molecular flexibility index (Phi) is 7.32. The Morgan fingerprint density at radius 2 is 1.67 bits per heavy atom. The van der Waals surface area contributed by atoms with Gasteiger partial charge in [0.05, 0.1) is 17.5 Å². The predicted octanol–water partition coefficient (Wildman–Crippen LogP) is 1.46. The van der Waals surface area contributed by atoms with Crippen molar-refractivity contribution in [2.24, 2.45) is 35.3 Å². The van der Waals surface area contributed by atoms with Gasteiger partial charge >= 0.3 is 0 Å². The number of likely N-dealkylation sites (N-methyl/N-ethyl adjacent to an activating group) is 1. The van der Waals surface area contributed by atoms with Crippen LogP contribution in [0.15, 0.2) is 48.5 Å². The van der Waals surface area contributed by atoms with Crippen LogP contribution in [0.1, 0.15) is 41.3 Å². The molecule has 0 bridgehead atoms. The zero-order valence-electron chi connectivity index (χ0n) is 23.4. The van der Waals surface area contributed by atoms with Gasteiger partial charge in [-0.2, -0.15) is 0 Å². The average Bonchev–Trinajstić information content (AvgIpc) is 2.94. The topological polar surface area (TPSA) is 172 Å². The van der Waals surface area contributed by atoms with Gasteiger partial charge in [-0.05, 0) is 42.8 Å². The second-order valence-electron chi connectivity index (χ2n) is 11.5. The minimum Gasteiger partial charge on any atom is -0.507 e. The first-order chi connectivity index (χ1) is 19.9. The Morgan fingerprint density at radius 1 is 1.00 bits per heavy atom. The molecule has 0 spiro atoms. The van der Waals surface area contributed by atoms with Gasteiger partial charge in [-0.1, -0.05) is 55.5 Å². The largest absolute Gasteiger partial charge is 0.507 e. The number of allylic oxidation sites excluding steroid dienone is 1. The standard InChI is InChI=1S/C32H32N2O8/c1-4-16(35)14-19-21-18(13-15-9-6-5-7-10-15)17-11-8-12-20(36)22(17)27(37)23(21)29(39)32(42)25(19)26(34(2)3)28(38)24(30(32)40)31(33)41/h5-13,19,21,23-26,36,42H,4,14H2,1-3H3,(H2,33,41)/t19-,21-,23?,24?,25-,26-,32-/m0/s1. The summed E-state index contributed by atoms with van der Waals surface area (Å²) in [7, 11) is 3.01. The fourth-order valence-corrected chi connectivity index (χ4v) is 7.27. The summed E-state index contributed by atoms with van der Waals surface area (Å²) in [6.45, 7) is 1.64. The maximum absolute atomic E-state index is 14.4. The van der Waals surface area contributed by atoms with Crippen molar-refractivity contribution < 1.29 is 39.0 Å². The Balaban J connectivity index is 1.86. The Bertz CT molecular complexity index is 1560. The average molecular weight is 573 g/mol. The minimum atomic E-state index is -2.96. The number of ketones is 5. The monoisotopic (exact) mass is 572 g/mol.